The van der Waals surface area contributed by atoms with Crippen LogP contribution in [-0.2, 0) is 14.4 Å². The van der Waals surface area contributed by atoms with Crippen molar-refractivity contribution >= 4 is 17.7 Å². The second-order valence-corrected chi connectivity index (χ2v) is 2.69. The molecule has 0 aromatic heterocycles. The molecule has 1 unspecified atom stereocenters. The molecule has 1 atom stereocenters. The van der Waals surface area contributed by atoms with Gasteiger partial charge in [0.15, 0.2) is 5.78 Å². The number of hydrogen-bond donors (Lipinski definition) is 3. The molecule has 0 aliphatic heterocycles. The molecule has 0 spiro atoms. The first-order valence-electron chi connectivity index (χ1n) is 4.34. The van der Waals surface area contributed by atoms with Gasteiger partial charge in [-0.1, -0.05) is 13.2 Å². The normalized spacial score (nSPS) is 10.3. The standard InChI is InChI=1S/C5H9NO4.C5H6O/c6-3(5(9)10)1-2-4(7)8;1-3-5(6)4-2/h3H,1-2,6H2,(H,7,8)(H,9,10);3-4H,1-2H2. The van der Waals surface area contributed by atoms with Crippen molar-refractivity contribution in [3.63, 3.8) is 0 Å². The number of hydrogen-bond acceptors (Lipinski definition) is 4. The van der Waals surface area contributed by atoms with Crippen molar-refractivity contribution < 1.29 is 24.6 Å². The number of nitrogens with two attached hydrogens (primary N) is 1. The van der Waals surface area contributed by atoms with E-state index in [4.69, 9.17) is 15.9 Å². The van der Waals surface area contributed by atoms with Crippen LogP contribution >= 0.6 is 0 Å². The van der Waals surface area contributed by atoms with E-state index in [0.717, 1.165) is 0 Å². The Kier molecular flexibility index (Phi) is 9.89. The molecule has 6 heteroatoms. The van der Waals surface area contributed by atoms with Gasteiger partial charge in [-0.2, -0.15) is 0 Å². The molecule has 0 aliphatic carbocycles. The average molecular weight is 229 g/mol. The van der Waals surface area contributed by atoms with Gasteiger partial charge in [-0.25, -0.2) is 0 Å². The Bertz CT molecular complexity index is 275. The van der Waals surface area contributed by atoms with Crippen LogP contribution in [0.25, 0.3) is 0 Å². The zero-order valence-electron chi connectivity index (χ0n) is 8.76. The predicted octanol–water partition coefficient (Wildman–Crippen LogP) is 0.191. The van der Waals surface area contributed by atoms with Crippen molar-refractivity contribution in [1.82, 2.24) is 0 Å². The fraction of sp³-hybridized carbons (Fsp3) is 0.300. The van der Waals surface area contributed by atoms with Gasteiger partial charge in [0, 0.05) is 6.42 Å². The molecule has 0 saturated carbocycles. The number of carbonyl (C=O) groups excluding carboxylic acids is 1. The van der Waals surface area contributed by atoms with Gasteiger partial charge in [0.1, 0.15) is 6.04 Å². The summed E-state index contributed by atoms with van der Waals surface area (Å²) >= 11 is 0. The van der Waals surface area contributed by atoms with E-state index in [0.29, 0.717) is 0 Å². The van der Waals surface area contributed by atoms with Crippen molar-refractivity contribution in [2.45, 2.75) is 18.9 Å². The number of aliphatic carboxylic acids is 2. The Morgan fingerprint density at radius 1 is 1.19 bits per heavy atom. The number of carbonyl (C=O) groups is 3. The van der Waals surface area contributed by atoms with Crippen LogP contribution in [0.2, 0.25) is 0 Å². The lowest BCUT2D eigenvalue weighted by Crippen LogP contribution is -2.30. The van der Waals surface area contributed by atoms with Crippen molar-refractivity contribution in [3.8, 4) is 0 Å². The number of carboxylic acid groups (broad SMARTS) is 2. The van der Waals surface area contributed by atoms with Gasteiger partial charge in [-0.3, -0.25) is 14.4 Å². The van der Waals surface area contributed by atoms with Crippen LogP contribution in [0.5, 0.6) is 0 Å². The van der Waals surface area contributed by atoms with E-state index < -0.39 is 18.0 Å². The molecule has 0 saturated heterocycles. The van der Waals surface area contributed by atoms with E-state index in [9.17, 15) is 14.4 Å². The lowest BCUT2D eigenvalue weighted by Gasteiger charge is -2.01. The number of rotatable bonds is 6. The van der Waals surface area contributed by atoms with Gasteiger partial charge in [0.25, 0.3) is 0 Å². The Morgan fingerprint density at radius 2 is 1.62 bits per heavy atom. The molecule has 0 heterocycles. The monoisotopic (exact) mass is 229 g/mol. The van der Waals surface area contributed by atoms with E-state index in [-0.39, 0.29) is 18.6 Å². The van der Waals surface area contributed by atoms with Gasteiger partial charge >= 0.3 is 11.9 Å². The largest absolute Gasteiger partial charge is 0.481 e. The highest BCUT2D eigenvalue weighted by atomic mass is 16.4. The Balaban J connectivity index is 0. The lowest BCUT2D eigenvalue weighted by atomic mass is 10.2. The Morgan fingerprint density at radius 3 is 1.81 bits per heavy atom. The maximum atomic E-state index is 9.99. The summed E-state index contributed by atoms with van der Waals surface area (Å²) < 4.78 is 0. The van der Waals surface area contributed by atoms with E-state index in [1.165, 1.54) is 12.2 Å². The lowest BCUT2D eigenvalue weighted by molar-refractivity contribution is -0.139. The van der Waals surface area contributed by atoms with E-state index >= 15 is 0 Å². The van der Waals surface area contributed by atoms with Crippen molar-refractivity contribution in [2.24, 2.45) is 5.73 Å². The summed E-state index contributed by atoms with van der Waals surface area (Å²) in [7, 11) is 0. The van der Waals surface area contributed by atoms with Crippen LogP contribution in [0.4, 0.5) is 0 Å². The predicted molar refractivity (Wildman–Crippen MR) is 57.9 cm³/mol. The summed E-state index contributed by atoms with van der Waals surface area (Å²) in [6.07, 6.45) is 2.21. The second kappa shape index (κ2) is 9.60. The fourth-order valence-corrected chi connectivity index (χ4v) is 0.486. The maximum Gasteiger partial charge on any atom is 0.320 e. The topological polar surface area (TPSA) is 118 Å². The highest BCUT2D eigenvalue weighted by molar-refractivity contribution is 5.98. The molecule has 0 aliphatic rings. The molecule has 0 rings (SSSR count). The molecule has 0 amide bonds. The van der Waals surface area contributed by atoms with E-state index in [1.54, 1.807) is 0 Å². The minimum absolute atomic E-state index is 0.0231. The summed E-state index contributed by atoms with van der Waals surface area (Å²) in [5.74, 6) is -2.33. The number of allylic oxidation sites excluding steroid dienone is 2. The first-order chi connectivity index (χ1) is 7.34. The summed E-state index contributed by atoms with van der Waals surface area (Å²) in [6.45, 7) is 6.42. The van der Waals surface area contributed by atoms with Gasteiger partial charge in [-0.05, 0) is 18.6 Å². The zero-order valence-corrected chi connectivity index (χ0v) is 8.76. The van der Waals surface area contributed by atoms with Crippen LogP contribution in [0, 0.1) is 0 Å². The molecule has 0 bridgehead atoms. The van der Waals surface area contributed by atoms with Crippen molar-refractivity contribution in [3.05, 3.63) is 25.3 Å². The molecule has 0 aromatic carbocycles. The van der Waals surface area contributed by atoms with Crippen LogP contribution < -0.4 is 5.73 Å². The molecule has 4 N–H and O–H groups in total. The van der Waals surface area contributed by atoms with Crippen LogP contribution in [0.3, 0.4) is 0 Å². The Labute approximate surface area is 93.1 Å². The summed E-state index contributed by atoms with van der Waals surface area (Å²) in [5, 5.41) is 16.3. The third-order valence-corrected chi connectivity index (χ3v) is 1.39. The van der Waals surface area contributed by atoms with Crippen molar-refractivity contribution in [2.75, 3.05) is 0 Å². The van der Waals surface area contributed by atoms with Gasteiger partial charge in [-0.15, -0.1) is 0 Å². The smallest absolute Gasteiger partial charge is 0.320 e. The molecule has 16 heavy (non-hydrogen) atoms. The van der Waals surface area contributed by atoms with Gasteiger partial charge in [0.05, 0.1) is 0 Å². The van der Waals surface area contributed by atoms with Crippen LogP contribution in [-0.4, -0.2) is 34.0 Å². The molecule has 90 valence electrons. The van der Waals surface area contributed by atoms with Crippen LogP contribution in [0.15, 0.2) is 25.3 Å². The third kappa shape index (κ3) is 12.0. The average Bonchev–Trinajstić information content (AvgIpc) is 2.25. The highest BCUT2D eigenvalue weighted by Crippen LogP contribution is 1.93. The third-order valence-electron chi connectivity index (χ3n) is 1.39. The van der Waals surface area contributed by atoms with Crippen molar-refractivity contribution in [1.29, 1.82) is 0 Å². The zero-order chi connectivity index (χ0) is 13.1. The first kappa shape index (κ1) is 16.5. The fourth-order valence-electron chi connectivity index (χ4n) is 0.486. The molecule has 0 radical (unpaired) electrons. The molecular formula is C10H15NO5. The van der Waals surface area contributed by atoms with E-state index in [2.05, 4.69) is 13.2 Å². The summed E-state index contributed by atoms with van der Waals surface area (Å²) in [4.78, 5) is 29.8. The molecule has 0 fully saturated rings. The number of ketones is 1. The van der Waals surface area contributed by atoms with Crippen LogP contribution in [0.1, 0.15) is 12.8 Å². The minimum Gasteiger partial charge on any atom is -0.481 e. The molecule has 6 nitrogen and oxygen atoms in total. The minimum atomic E-state index is -1.17. The SMILES string of the molecule is C=CC(=O)C=C.NC(CCC(=O)O)C(=O)O. The van der Waals surface area contributed by atoms with Gasteiger partial charge < -0.3 is 15.9 Å². The molecular weight excluding hydrogens is 214 g/mol. The summed E-state index contributed by atoms with van der Waals surface area (Å²) in [6, 6.07) is -1.06. The highest BCUT2D eigenvalue weighted by Gasteiger charge is 2.12. The Hall–Kier alpha value is -1.95. The number of carboxylic acids is 2. The summed E-state index contributed by atoms with van der Waals surface area (Å²) in [5.41, 5.74) is 5.00. The van der Waals surface area contributed by atoms with E-state index in [1.807, 2.05) is 0 Å². The molecule has 0 aromatic rings. The quantitative estimate of drug-likeness (QED) is 0.559. The maximum absolute atomic E-state index is 9.99. The van der Waals surface area contributed by atoms with Gasteiger partial charge in [0.2, 0.25) is 0 Å². The first-order valence-corrected chi connectivity index (χ1v) is 4.34. The second-order valence-electron chi connectivity index (χ2n) is 2.69.